The number of imidazole rings is 1. The van der Waals surface area contributed by atoms with Gasteiger partial charge in [-0.15, -0.1) is 0 Å². The highest BCUT2D eigenvalue weighted by Crippen LogP contribution is 2.21. The van der Waals surface area contributed by atoms with Crippen LogP contribution in [0.5, 0.6) is 0 Å². The molecule has 1 heterocycles. The summed E-state index contributed by atoms with van der Waals surface area (Å²) in [5.74, 6) is 0. The fraction of sp³-hybridized carbons (Fsp3) is 0.182. The number of hydrogen-bond acceptors (Lipinski definition) is 1. The quantitative estimate of drug-likeness (QED) is 0.806. The standard InChI is InChI=1S/C11H11ClN2O/c1-2-9-10(14-11(15)13-9)7-3-5-8(12)6-4-7/h3-6H,2H2,1H3,(H2,13,14,15). The lowest BCUT2D eigenvalue weighted by Gasteiger charge is -2.00. The van der Waals surface area contributed by atoms with Crippen molar-refractivity contribution >= 4 is 11.6 Å². The number of aromatic nitrogens is 2. The highest BCUT2D eigenvalue weighted by atomic mass is 35.5. The van der Waals surface area contributed by atoms with Crippen molar-refractivity contribution in [3.63, 3.8) is 0 Å². The highest BCUT2D eigenvalue weighted by Gasteiger charge is 2.06. The van der Waals surface area contributed by atoms with E-state index in [9.17, 15) is 4.79 Å². The van der Waals surface area contributed by atoms with Gasteiger partial charge in [0.2, 0.25) is 0 Å². The average molecular weight is 223 g/mol. The Labute approximate surface area is 92.1 Å². The van der Waals surface area contributed by atoms with E-state index in [0.29, 0.717) is 5.02 Å². The molecular formula is C11H11ClN2O. The number of rotatable bonds is 2. The van der Waals surface area contributed by atoms with Crippen molar-refractivity contribution < 1.29 is 0 Å². The first-order valence-electron chi connectivity index (χ1n) is 4.78. The van der Waals surface area contributed by atoms with E-state index in [0.717, 1.165) is 23.4 Å². The molecule has 15 heavy (non-hydrogen) atoms. The van der Waals surface area contributed by atoms with Crippen LogP contribution in [-0.2, 0) is 6.42 Å². The van der Waals surface area contributed by atoms with Crippen LogP contribution < -0.4 is 5.69 Å². The molecule has 0 atom stereocenters. The number of halogens is 1. The molecule has 0 aliphatic carbocycles. The zero-order valence-electron chi connectivity index (χ0n) is 8.30. The second kappa shape index (κ2) is 3.95. The summed E-state index contributed by atoms with van der Waals surface area (Å²) in [7, 11) is 0. The molecule has 0 aliphatic rings. The monoisotopic (exact) mass is 222 g/mol. The molecule has 0 saturated heterocycles. The molecule has 2 aromatic rings. The van der Waals surface area contributed by atoms with E-state index >= 15 is 0 Å². The average Bonchev–Trinajstić information content (AvgIpc) is 2.61. The van der Waals surface area contributed by atoms with Crippen LogP contribution in [0.25, 0.3) is 11.3 Å². The van der Waals surface area contributed by atoms with E-state index in [1.807, 2.05) is 31.2 Å². The van der Waals surface area contributed by atoms with Gasteiger partial charge in [0, 0.05) is 10.7 Å². The second-order valence-electron chi connectivity index (χ2n) is 3.29. The van der Waals surface area contributed by atoms with Crippen LogP contribution in [0.3, 0.4) is 0 Å². The van der Waals surface area contributed by atoms with Crippen LogP contribution >= 0.6 is 11.6 Å². The first kappa shape index (κ1) is 10.1. The lowest BCUT2D eigenvalue weighted by Crippen LogP contribution is -2.00. The Morgan fingerprint density at radius 2 is 1.87 bits per heavy atom. The Kier molecular flexibility index (Phi) is 2.64. The molecule has 0 radical (unpaired) electrons. The van der Waals surface area contributed by atoms with Crippen molar-refractivity contribution in [1.29, 1.82) is 0 Å². The molecule has 2 N–H and O–H groups in total. The number of aryl methyl sites for hydroxylation is 1. The number of nitrogens with one attached hydrogen (secondary N) is 2. The van der Waals surface area contributed by atoms with Crippen LogP contribution in [-0.4, -0.2) is 9.97 Å². The maximum Gasteiger partial charge on any atom is 0.323 e. The Morgan fingerprint density at radius 1 is 1.20 bits per heavy atom. The molecule has 1 aromatic heterocycles. The molecule has 0 bridgehead atoms. The predicted molar refractivity (Wildman–Crippen MR) is 61.2 cm³/mol. The molecule has 0 saturated carbocycles. The third-order valence-corrected chi connectivity index (χ3v) is 2.54. The summed E-state index contributed by atoms with van der Waals surface area (Å²) in [4.78, 5) is 16.7. The van der Waals surface area contributed by atoms with Crippen molar-refractivity contribution in [2.45, 2.75) is 13.3 Å². The minimum atomic E-state index is -0.170. The summed E-state index contributed by atoms with van der Waals surface area (Å²) in [6.07, 6.45) is 0.788. The lowest BCUT2D eigenvalue weighted by molar-refractivity contribution is 1.05. The maximum absolute atomic E-state index is 11.2. The van der Waals surface area contributed by atoms with Crippen molar-refractivity contribution in [1.82, 2.24) is 9.97 Å². The van der Waals surface area contributed by atoms with Crippen LogP contribution in [0.2, 0.25) is 5.02 Å². The van der Waals surface area contributed by atoms with E-state index in [1.54, 1.807) is 0 Å². The van der Waals surface area contributed by atoms with Crippen molar-refractivity contribution in [2.24, 2.45) is 0 Å². The van der Waals surface area contributed by atoms with Gasteiger partial charge in [0.1, 0.15) is 0 Å². The summed E-state index contributed by atoms with van der Waals surface area (Å²) in [6, 6.07) is 7.39. The molecule has 0 unspecified atom stereocenters. The molecule has 0 fully saturated rings. The molecule has 0 aliphatic heterocycles. The number of aromatic amines is 2. The summed E-state index contributed by atoms with van der Waals surface area (Å²) in [6.45, 7) is 2.00. The van der Waals surface area contributed by atoms with Crippen molar-refractivity contribution in [3.05, 3.63) is 45.5 Å². The highest BCUT2D eigenvalue weighted by molar-refractivity contribution is 6.30. The smallest absolute Gasteiger partial charge is 0.309 e. The first-order chi connectivity index (χ1) is 7.20. The largest absolute Gasteiger partial charge is 0.323 e. The Balaban J connectivity index is 2.53. The topological polar surface area (TPSA) is 48.6 Å². The van der Waals surface area contributed by atoms with Crippen LogP contribution in [0.1, 0.15) is 12.6 Å². The number of H-pyrrole nitrogens is 2. The van der Waals surface area contributed by atoms with E-state index in [1.165, 1.54) is 0 Å². The van der Waals surface area contributed by atoms with Crippen LogP contribution in [0.4, 0.5) is 0 Å². The third-order valence-electron chi connectivity index (χ3n) is 2.29. The number of benzene rings is 1. The van der Waals surface area contributed by atoms with E-state index in [-0.39, 0.29) is 5.69 Å². The maximum atomic E-state index is 11.2. The van der Waals surface area contributed by atoms with E-state index in [2.05, 4.69) is 9.97 Å². The van der Waals surface area contributed by atoms with E-state index in [4.69, 9.17) is 11.6 Å². The summed E-state index contributed by atoms with van der Waals surface area (Å²) in [5.41, 5.74) is 2.56. The second-order valence-corrected chi connectivity index (χ2v) is 3.73. The minimum Gasteiger partial charge on any atom is -0.309 e. The van der Waals surface area contributed by atoms with Gasteiger partial charge in [0.15, 0.2) is 0 Å². The Hall–Kier alpha value is -1.48. The molecule has 2 rings (SSSR count). The minimum absolute atomic E-state index is 0.170. The van der Waals surface area contributed by atoms with Gasteiger partial charge in [-0.05, 0) is 24.1 Å². The molecule has 3 nitrogen and oxygen atoms in total. The molecule has 4 heteroatoms. The van der Waals surface area contributed by atoms with Gasteiger partial charge in [-0.1, -0.05) is 30.7 Å². The van der Waals surface area contributed by atoms with Gasteiger partial charge < -0.3 is 9.97 Å². The van der Waals surface area contributed by atoms with E-state index < -0.39 is 0 Å². The van der Waals surface area contributed by atoms with Gasteiger partial charge in [-0.25, -0.2) is 4.79 Å². The lowest BCUT2D eigenvalue weighted by atomic mass is 10.1. The summed E-state index contributed by atoms with van der Waals surface area (Å²) >= 11 is 5.80. The zero-order chi connectivity index (χ0) is 10.8. The first-order valence-corrected chi connectivity index (χ1v) is 5.15. The fourth-order valence-corrected chi connectivity index (χ4v) is 1.67. The van der Waals surface area contributed by atoms with Gasteiger partial charge in [0.05, 0.1) is 5.69 Å². The van der Waals surface area contributed by atoms with Crippen molar-refractivity contribution in [2.75, 3.05) is 0 Å². The van der Waals surface area contributed by atoms with Crippen molar-refractivity contribution in [3.8, 4) is 11.3 Å². The summed E-state index contributed by atoms with van der Waals surface area (Å²) < 4.78 is 0. The molecule has 1 aromatic carbocycles. The Morgan fingerprint density at radius 3 is 2.47 bits per heavy atom. The Bertz CT molecular complexity index is 510. The van der Waals surface area contributed by atoms with Crippen LogP contribution in [0, 0.1) is 0 Å². The van der Waals surface area contributed by atoms with Gasteiger partial charge in [-0.3, -0.25) is 0 Å². The molecule has 0 amide bonds. The van der Waals surface area contributed by atoms with Gasteiger partial charge in [-0.2, -0.15) is 0 Å². The normalized spacial score (nSPS) is 10.5. The SMILES string of the molecule is CCc1[nH]c(=O)[nH]c1-c1ccc(Cl)cc1. The fourth-order valence-electron chi connectivity index (χ4n) is 1.55. The van der Waals surface area contributed by atoms with Gasteiger partial charge in [0.25, 0.3) is 0 Å². The zero-order valence-corrected chi connectivity index (χ0v) is 9.06. The molecule has 0 spiro atoms. The molecule has 78 valence electrons. The molecular weight excluding hydrogens is 212 g/mol. The van der Waals surface area contributed by atoms with Gasteiger partial charge >= 0.3 is 5.69 Å². The van der Waals surface area contributed by atoms with Crippen LogP contribution in [0.15, 0.2) is 29.1 Å². The predicted octanol–water partition coefficient (Wildman–Crippen LogP) is 2.59. The number of hydrogen-bond donors (Lipinski definition) is 2. The third kappa shape index (κ3) is 1.97. The summed E-state index contributed by atoms with van der Waals surface area (Å²) in [5, 5.41) is 0.690.